The van der Waals surface area contributed by atoms with Crippen LogP contribution in [0.25, 0.3) is 0 Å². The van der Waals surface area contributed by atoms with Crippen LogP contribution in [0.5, 0.6) is 0 Å². The van der Waals surface area contributed by atoms with Crippen molar-refractivity contribution in [2.75, 3.05) is 5.32 Å². The highest BCUT2D eigenvalue weighted by atomic mass is 79.9. The van der Waals surface area contributed by atoms with Crippen LogP contribution in [0.15, 0.2) is 22.7 Å². The molecule has 0 saturated carbocycles. The molecule has 3 N–H and O–H groups in total. The minimum absolute atomic E-state index is 0.0210. The summed E-state index contributed by atoms with van der Waals surface area (Å²) >= 11 is 9.24. The number of nitrogens with one attached hydrogen (secondary N) is 1. The van der Waals surface area contributed by atoms with Gasteiger partial charge in [0.05, 0.1) is 5.69 Å². The van der Waals surface area contributed by atoms with Gasteiger partial charge < -0.3 is 11.1 Å². The Morgan fingerprint density at radius 2 is 2.11 bits per heavy atom. The second-order valence-electron chi connectivity index (χ2n) is 4.92. The molecule has 1 aromatic rings. The number of carbonyl (C=O) groups is 1. The summed E-state index contributed by atoms with van der Waals surface area (Å²) in [7, 11) is 0. The van der Waals surface area contributed by atoms with Crippen LogP contribution in [-0.4, -0.2) is 11.9 Å². The van der Waals surface area contributed by atoms with E-state index in [1.54, 1.807) is 18.2 Å². The zero-order valence-electron chi connectivity index (χ0n) is 11.2. The van der Waals surface area contributed by atoms with Crippen molar-refractivity contribution in [1.29, 1.82) is 0 Å². The van der Waals surface area contributed by atoms with Gasteiger partial charge in [0.15, 0.2) is 0 Å². The fourth-order valence-electron chi connectivity index (χ4n) is 1.72. The lowest BCUT2D eigenvalue weighted by Crippen LogP contribution is -2.21. The monoisotopic (exact) mass is 346 g/mol. The maximum absolute atomic E-state index is 12.0. The van der Waals surface area contributed by atoms with E-state index in [0.717, 1.165) is 29.4 Å². The van der Waals surface area contributed by atoms with E-state index in [9.17, 15) is 4.79 Å². The van der Waals surface area contributed by atoms with Crippen LogP contribution in [0.1, 0.15) is 33.1 Å². The molecule has 0 spiro atoms. The minimum Gasteiger partial charge on any atom is -0.328 e. The van der Waals surface area contributed by atoms with Crippen molar-refractivity contribution < 1.29 is 4.79 Å². The molecule has 0 saturated heterocycles. The largest absolute Gasteiger partial charge is 0.328 e. The van der Waals surface area contributed by atoms with E-state index in [1.165, 1.54) is 0 Å². The van der Waals surface area contributed by atoms with E-state index in [0.29, 0.717) is 5.02 Å². The van der Waals surface area contributed by atoms with Gasteiger partial charge in [-0.15, -0.1) is 0 Å². The van der Waals surface area contributed by atoms with Gasteiger partial charge in [0, 0.05) is 21.5 Å². The van der Waals surface area contributed by atoms with Crippen LogP contribution in [0.2, 0.25) is 5.02 Å². The molecule has 3 nitrogen and oxygen atoms in total. The molecule has 19 heavy (non-hydrogen) atoms. The number of carbonyl (C=O) groups excluding carboxylic acids is 1. The number of hydrogen-bond acceptors (Lipinski definition) is 2. The molecule has 0 aliphatic carbocycles. The van der Waals surface area contributed by atoms with Gasteiger partial charge in [-0.2, -0.15) is 0 Å². The molecule has 0 bridgehead atoms. The lowest BCUT2D eigenvalue weighted by atomic mass is 10.0. The zero-order chi connectivity index (χ0) is 14.4. The van der Waals surface area contributed by atoms with Crippen LogP contribution in [0.3, 0.4) is 0 Å². The zero-order valence-corrected chi connectivity index (χ0v) is 13.6. The van der Waals surface area contributed by atoms with Gasteiger partial charge in [-0.3, -0.25) is 4.79 Å². The van der Waals surface area contributed by atoms with Gasteiger partial charge in [0.25, 0.3) is 0 Å². The summed E-state index contributed by atoms with van der Waals surface area (Å²) in [6.07, 6.45) is 2.76. The molecular formula is C14H20BrClN2O. The summed E-state index contributed by atoms with van der Waals surface area (Å²) in [5.41, 5.74) is 6.44. The van der Waals surface area contributed by atoms with Crippen LogP contribution >= 0.6 is 27.5 Å². The number of hydrogen-bond donors (Lipinski definition) is 2. The molecule has 2 atom stereocenters. The topological polar surface area (TPSA) is 55.1 Å². The number of nitrogens with two attached hydrogens (primary N) is 1. The van der Waals surface area contributed by atoms with E-state index < -0.39 is 0 Å². The van der Waals surface area contributed by atoms with Crippen LogP contribution in [-0.2, 0) is 4.79 Å². The average Bonchev–Trinajstić information content (AvgIpc) is 2.32. The van der Waals surface area contributed by atoms with Crippen molar-refractivity contribution in [1.82, 2.24) is 0 Å². The van der Waals surface area contributed by atoms with Gasteiger partial charge >= 0.3 is 0 Å². The molecule has 2 unspecified atom stereocenters. The second kappa shape index (κ2) is 7.88. The third-order valence-corrected chi connectivity index (χ3v) is 3.82. The summed E-state index contributed by atoms with van der Waals surface area (Å²) in [5.74, 6) is -0.00553. The molecule has 1 rings (SSSR count). The van der Waals surface area contributed by atoms with E-state index in [4.69, 9.17) is 17.3 Å². The third-order valence-electron chi connectivity index (χ3n) is 2.93. The first-order chi connectivity index (χ1) is 8.90. The molecule has 0 fully saturated rings. The summed E-state index contributed by atoms with van der Waals surface area (Å²) in [4.78, 5) is 12.0. The van der Waals surface area contributed by atoms with E-state index in [2.05, 4.69) is 21.2 Å². The summed E-state index contributed by atoms with van der Waals surface area (Å²) in [6.45, 7) is 3.91. The van der Waals surface area contributed by atoms with Crippen LogP contribution in [0, 0.1) is 5.92 Å². The Labute approximate surface area is 128 Å². The third kappa shape index (κ3) is 5.93. The lowest BCUT2D eigenvalue weighted by molar-refractivity contribution is -0.119. The first kappa shape index (κ1) is 16.5. The summed E-state index contributed by atoms with van der Waals surface area (Å²) in [5, 5.41) is 3.53. The molecule has 1 aromatic carbocycles. The van der Waals surface area contributed by atoms with Crippen molar-refractivity contribution in [3.8, 4) is 0 Å². The Balaban J connectivity index is 2.49. The second-order valence-corrected chi connectivity index (χ2v) is 6.21. The molecule has 1 amide bonds. The predicted octanol–water partition coefficient (Wildman–Crippen LogP) is 4.19. The molecule has 0 radical (unpaired) electrons. The Morgan fingerprint density at radius 1 is 1.42 bits per heavy atom. The quantitative estimate of drug-likeness (QED) is 0.810. The fourth-order valence-corrected chi connectivity index (χ4v) is 2.51. The van der Waals surface area contributed by atoms with E-state index in [1.807, 2.05) is 13.8 Å². The molecule has 0 heterocycles. The predicted molar refractivity (Wildman–Crippen MR) is 84.4 cm³/mol. The summed E-state index contributed by atoms with van der Waals surface area (Å²) in [6, 6.07) is 5.50. The summed E-state index contributed by atoms with van der Waals surface area (Å²) < 4.78 is 0.788. The number of anilines is 1. The van der Waals surface area contributed by atoms with E-state index in [-0.39, 0.29) is 17.9 Å². The van der Waals surface area contributed by atoms with Crippen LogP contribution in [0.4, 0.5) is 5.69 Å². The average molecular weight is 348 g/mol. The van der Waals surface area contributed by atoms with Crippen molar-refractivity contribution >= 4 is 39.1 Å². The highest BCUT2D eigenvalue weighted by Gasteiger charge is 2.14. The smallest absolute Gasteiger partial charge is 0.227 e. The molecule has 106 valence electrons. The maximum atomic E-state index is 12.0. The number of benzene rings is 1. The lowest BCUT2D eigenvalue weighted by Gasteiger charge is -2.14. The van der Waals surface area contributed by atoms with Crippen molar-refractivity contribution in [2.24, 2.45) is 11.7 Å². The SMILES string of the molecule is CC(N)CCCC(C)C(=O)Nc1ccc(Cl)cc1Br. The highest BCUT2D eigenvalue weighted by Crippen LogP contribution is 2.26. The first-order valence-corrected chi connectivity index (χ1v) is 7.58. The normalized spacial score (nSPS) is 13.9. The molecule has 0 aliphatic heterocycles. The Kier molecular flexibility index (Phi) is 6.83. The van der Waals surface area contributed by atoms with Gasteiger partial charge in [0.1, 0.15) is 0 Å². The Hall–Kier alpha value is -0.580. The number of amides is 1. The minimum atomic E-state index is -0.0265. The molecule has 0 aromatic heterocycles. The maximum Gasteiger partial charge on any atom is 0.227 e. The van der Waals surface area contributed by atoms with Crippen molar-refractivity contribution in [3.05, 3.63) is 27.7 Å². The standard InChI is InChI=1S/C14H20BrClN2O/c1-9(4-3-5-10(2)17)14(19)18-13-7-6-11(16)8-12(13)15/h6-10H,3-5,17H2,1-2H3,(H,18,19). The van der Waals surface area contributed by atoms with Gasteiger partial charge in [0.2, 0.25) is 5.91 Å². The highest BCUT2D eigenvalue weighted by molar-refractivity contribution is 9.10. The van der Waals surface area contributed by atoms with Crippen LogP contribution < -0.4 is 11.1 Å². The Bertz CT molecular complexity index is 437. The molecular weight excluding hydrogens is 328 g/mol. The van der Waals surface area contributed by atoms with Crippen molar-refractivity contribution in [2.45, 2.75) is 39.2 Å². The van der Waals surface area contributed by atoms with E-state index >= 15 is 0 Å². The van der Waals surface area contributed by atoms with Gasteiger partial charge in [-0.25, -0.2) is 0 Å². The number of halogens is 2. The van der Waals surface area contributed by atoms with Crippen molar-refractivity contribution in [3.63, 3.8) is 0 Å². The fraction of sp³-hybridized carbons (Fsp3) is 0.500. The van der Waals surface area contributed by atoms with Gasteiger partial charge in [-0.05, 0) is 53.9 Å². The Morgan fingerprint density at radius 3 is 2.68 bits per heavy atom. The molecule has 0 aliphatic rings. The molecule has 5 heteroatoms. The van der Waals surface area contributed by atoms with Gasteiger partial charge in [-0.1, -0.05) is 24.9 Å². The number of rotatable bonds is 6. The first-order valence-electron chi connectivity index (χ1n) is 6.41.